The van der Waals surface area contributed by atoms with Crippen LogP contribution in [0.5, 0.6) is 11.5 Å². The molecule has 1 aromatic carbocycles. The molecule has 1 aromatic heterocycles. The van der Waals surface area contributed by atoms with Crippen LogP contribution in [0.1, 0.15) is 19.4 Å². The maximum absolute atomic E-state index is 5.76. The zero-order valence-corrected chi connectivity index (χ0v) is 18.0. The minimum absolute atomic E-state index is 0.0918. The molecular formula is C22H30N6O2. The summed E-state index contributed by atoms with van der Waals surface area (Å²) in [6.07, 6.45) is 3.57. The Hall–Kier alpha value is -3.03. The van der Waals surface area contributed by atoms with Crippen LogP contribution in [0.25, 0.3) is 0 Å². The van der Waals surface area contributed by atoms with Crippen LogP contribution >= 0.6 is 0 Å². The molecule has 8 nitrogen and oxygen atoms in total. The van der Waals surface area contributed by atoms with E-state index in [0.717, 1.165) is 56.1 Å². The zero-order valence-electron chi connectivity index (χ0n) is 18.0. The number of hydrogen-bond donors (Lipinski definition) is 1. The first-order chi connectivity index (χ1) is 14.6. The van der Waals surface area contributed by atoms with Gasteiger partial charge in [-0.2, -0.15) is 0 Å². The van der Waals surface area contributed by atoms with Gasteiger partial charge in [0.25, 0.3) is 0 Å². The molecule has 2 aromatic rings. The van der Waals surface area contributed by atoms with Crippen molar-refractivity contribution in [3.8, 4) is 11.5 Å². The van der Waals surface area contributed by atoms with Crippen LogP contribution in [-0.4, -0.2) is 73.8 Å². The van der Waals surface area contributed by atoms with E-state index in [9.17, 15) is 0 Å². The molecule has 0 radical (unpaired) electrons. The van der Waals surface area contributed by atoms with Gasteiger partial charge in [0, 0.05) is 57.6 Å². The number of fused-ring (bicyclic) bond motifs is 1. The van der Waals surface area contributed by atoms with Crippen LogP contribution in [-0.2, 0) is 5.41 Å². The highest BCUT2D eigenvalue weighted by Crippen LogP contribution is 2.34. The molecule has 1 fully saturated rings. The topological polar surface area (TPSA) is 75.1 Å². The Kier molecular flexibility index (Phi) is 5.92. The van der Waals surface area contributed by atoms with Gasteiger partial charge in [-0.15, -0.1) is 0 Å². The van der Waals surface area contributed by atoms with Gasteiger partial charge in [-0.05, 0) is 23.8 Å². The van der Waals surface area contributed by atoms with Crippen molar-refractivity contribution in [3.63, 3.8) is 0 Å². The summed E-state index contributed by atoms with van der Waals surface area (Å²) in [6.45, 7) is 9.92. The fourth-order valence-corrected chi connectivity index (χ4v) is 3.77. The van der Waals surface area contributed by atoms with Crippen LogP contribution in [0, 0.1) is 0 Å². The number of hydrogen-bond acceptors (Lipinski definition) is 6. The Morgan fingerprint density at radius 3 is 2.47 bits per heavy atom. The molecule has 0 aliphatic carbocycles. The molecule has 4 rings (SSSR count). The zero-order chi connectivity index (χ0) is 21.0. The molecule has 2 aliphatic heterocycles. The molecular weight excluding hydrogens is 380 g/mol. The molecule has 0 atom stereocenters. The van der Waals surface area contributed by atoms with E-state index >= 15 is 0 Å². The van der Waals surface area contributed by atoms with E-state index in [2.05, 4.69) is 56.1 Å². The smallest absolute Gasteiger partial charge is 0.225 e. The van der Waals surface area contributed by atoms with E-state index in [-0.39, 0.29) is 5.41 Å². The number of piperazine rings is 1. The van der Waals surface area contributed by atoms with Crippen LogP contribution < -0.4 is 19.7 Å². The number of ether oxygens (including phenoxy) is 2. The molecule has 8 heteroatoms. The van der Waals surface area contributed by atoms with E-state index in [1.54, 1.807) is 12.4 Å². The van der Waals surface area contributed by atoms with Gasteiger partial charge in [-0.25, -0.2) is 9.97 Å². The summed E-state index contributed by atoms with van der Waals surface area (Å²) < 4.78 is 11.4. The van der Waals surface area contributed by atoms with Crippen molar-refractivity contribution >= 4 is 11.9 Å². The van der Waals surface area contributed by atoms with Gasteiger partial charge in [0.2, 0.25) is 5.95 Å². The minimum atomic E-state index is -0.0918. The quantitative estimate of drug-likeness (QED) is 0.610. The van der Waals surface area contributed by atoms with Crippen LogP contribution in [0.3, 0.4) is 0 Å². The Bertz CT molecular complexity index is 878. The Morgan fingerprint density at radius 2 is 1.77 bits per heavy atom. The normalized spacial score (nSPS) is 17.1. The second-order valence-electron chi connectivity index (χ2n) is 8.17. The summed E-state index contributed by atoms with van der Waals surface area (Å²) >= 11 is 0. The molecule has 30 heavy (non-hydrogen) atoms. The van der Waals surface area contributed by atoms with E-state index in [1.165, 1.54) is 5.56 Å². The third-order valence-corrected chi connectivity index (χ3v) is 5.64. The molecule has 2 aliphatic rings. The lowest BCUT2D eigenvalue weighted by Crippen LogP contribution is -2.54. The third kappa shape index (κ3) is 4.42. The molecule has 0 saturated carbocycles. The fourth-order valence-electron chi connectivity index (χ4n) is 3.77. The minimum Gasteiger partial charge on any atom is -0.486 e. The Balaban J connectivity index is 1.35. The van der Waals surface area contributed by atoms with E-state index in [4.69, 9.17) is 9.47 Å². The van der Waals surface area contributed by atoms with Gasteiger partial charge >= 0.3 is 0 Å². The third-order valence-electron chi connectivity index (χ3n) is 5.64. The highest BCUT2D eigenvalue weighted by atomic mass is 16.6. The predicted molar refractivity (Wildman–Crippen MR) is 118 cm³/mol. The maximum atomic E-state index is 5.76. The largest absolute Gasteiger partial charge is 0.486 e. The summed E-state index contributed by atoms with van der Waals surface area (Å²) in [5.74, 6) is 3.37. The van der Waals surface area contributed by atoms with Gasteiger partial charge in [0.1, 0.15) is 13.2 Å². The molecule has 0 spiro atoms. The SMILES string of the molecule is CN=C(NCC(C)(C)c1ccc2c(c1)OCCO2)N1CCN(c2ncccn2)CC1. The first-order valence-electron chi connectivity index (χ1n) is 10.4. The number of benzene rings is 1. The monoisotopic (exact) mass is 410 g/mol. The number of aliphatic imine (C=N–C) groups is 1. The number of guanidine groups is 1. The lowest BCUT2D eigenvalue weighted by molar-refractivity contribution is 0.171. The van der Waals surface area contributed by atoms with E-state index < -0.39 is 0 Å². The second kappa shape index (κ2) is 8.77. The summed E-state index contributed by atoms with van der Waals surface area (Å²) in [6, 6.07) is 8.06. The first kappa shape index (κ1) is 20.3. The number of anilines is 1. The molecule has 1 saturated heterocycles. The van der Waals surface area contributed by atoms with Crippen molar-refractivity contribution < 1.29 is 9.47 Å². The van der Waals surface area contributed by atoms with E-state index in [0.29, 0.717) is 13.2 Å². The number of nitrogens with one attached hydrogen (secondary N) is 1. The van der Waals surface area contributed by atoms with Crippen molar-refractivity contribution in [2.75, 3.05) is 57.9 Å². The van der Waals surface area contributed by atoms with Crippen molar-refractivity contribution in [2.45, 2.75) is 19.3 Å². The number of nitrogens with zero attached hydrogens (tertiary/aromatic N) is 5. The molecule has 3 heterocycles. The van der Waals surface area contributed by atoms with Gasteiger partial charge in [0.05, 0.1) is 0 Å². The van der Waals surface area contributed by atoms with Gasteiger partial charge in [-0.3, -0.25) is 4.99 Å². The average molecular weight is 411 g/mol. The molecule has 1 N–H and O–H groups in total. The molecule has 160 valence electrons. The summed E-state index contributed by atoms with van der Waals surface area (Å²) in [5, 5.41) is 3.57. The fraction of sp³-hybridized carbons (Fsp3) is 0.500. The summed E-state index contributed by atoms with van der Waals surface area (Å²) in [5.41, 5.74) is 1.12. The van der Waals surface area contributed by atoms with Gasteiger partial charge in [0.15, 0.2) is 17.5 Å². The van der Waals surface area contributed by atoms with Crippen LogP contribution in [0.2, 0.25) is 0 Å². The average Bonchev–Trinajstić information content (AvgIpc) is 2.80. The van der Waals surface area contributed by atoms with Gasteiger partial charge < -0.3 is 24.6 Å². The van der Waals surface area contributed by atoms with Crippen LogP contribution in [0.4, 0.5) is 5.95 Å². The molecule has 0 unspecified atom stereocenters. The van der Waals surface area contributed by atoms with Crippen LogP contribution in [0.15, 0.2) is 41.7 Å². The van der Waals surface area contributed by atoms with Crippen molar-refractivity contribution in [3.05, 3.63) is 42.2 Å². The Morgan fingerprint density at radius 1 is 1.07 bits per heavy atom. The van der Waals surface area contributed by atoms with Gasteiger partial charge in [-0.1, -0.05) is 19.9 Å². The standard InChI is InChI=1S/C22H30N6O2/c1-22(2,17-5-6-18-19(15-17)30-14-13-29-18)16-26-20(23-3)27-9-11-28(12-10-27)21-24-7-4-8-25-21/h4-8,15H,9-14,16H2,1-3H3,(H,23,26). The highest BCUT2D eigenvalue weighted by Gasteiger charge is 2.26. The number of rotatable bonds is 4. The second-order valence-corrected chi connectivity index (χ2v) is 8.17. The van der Waals surface area contributed by atoms with Crippen molar-refractivity contribution in [1.82, 2.24) is 20.2 Å². The number of aromatic nitrogens is 2. The molecule has 0 amide bonds. The summed E-state index contributed by atoms with van der Waals surface area (Å²) in [4.78, 5) is 17.7. The van der Waals surface area contributed by atoms with Crippen molar-refractivity contribution in [2.24, 2.45) is 4.99 Å². The maximum Gasteiger partial charge on any atom is 0.225 e. The Labute approximate surface area is 177 Å². The van der Waals surface area contributed by atoms with Crippen molar-refractivity contribution in [1.29, 1.82) is 0 Å². The highest BCUT2D eigenvalue weighted by molar-refractivity contribution is 5.80. The van der Waals surface area contributed by atoms with E-state index in [1.807, 2.05) is 19.2 Å². The lowest BCUT2D eigenvalue weighted by atomic mass is 9.84. The summed E-state index contributed by atoms with van der Waals surface area (Å²) in [7, 11) is 1.84. The lowest BCUT2D eigenvalue weighted by Gasteiger charge is -2.37. The molecule has 0 bridgehead atoms. The first-order valence-corrected chi connectivity index (χ1v) is 10.4. The predicted octanol–water partition coefficient (Wildman–Crippen LogP) is 1.92.